The first-order valence-corrected chi connectivity index (χ1v) is 16.1. The van der Waals surface area contributed by atoms with Crippen molar-refractivity contribution in [1.29, 1.82) is 0 Å². The van der Waals surface area contributed by atoms with Gasteiger partial charge in [-0.05, 0) is 91.3 Å². The van der Waals surface area contributed by atoms with Gasteiger partial charge in [0.15, 0.2) is 0 Å². The van der Waals surface area contributed by atoms with Crippen molar-refractivity contribution in [2.45, 2.75) is 124 Å². The Labute approximate surface area is 241 Å². The third-order valence-electron chi connectivity index (χ3n) is 12.1. The summed E-state index contributed by atoms with van der Waals surface area (Å²) in [6.07, 6.45) is 18.6. The molecule has 40 heavy (non-hydrogen) atoms. The summed E-state index contributed by atoms with van der Waals surface area (Å²) in [7, 11) is 0. The maximum Gasteiger partial charge on any atom is 0.313 e. The Balaban J connectivity index is 1.21. The van der Waals surface area contributed by atoms with E-state index < -0.39 is 17.9 Å². The number of nitrogens with one attached hydrogen (secondary N) is 1. The highest BCUT2D eigenvalue weighted by atomic mass is 16.5. The number of fused-ring (bicyclic) bond motifs is 5. The molecule has 0 aliphatic heterocycles. The van der Waals surface area contributed by atoms with Crippen molar-refractivity contribution >= 4 is 11.9 Å². The molecule has 222 valence electrons. The molecule has 5 rings (SSSR count). The van der Waals surface area contributed by atoms with E-state index in [1.807, 2.05) is 0 Å². The van der Waals surface area contributed by atoms with E-state index in [1.54, 1.807) is 0 Å². The average molecular weight is 553 g/mol. The van der Waals surface area contributed by atoms with Crippen molar-refractivity contribution < 1.29 is 19.4 Å². The number of carboxylic acids is 1. The molecule has 6 heteroatoms. The van der Waals surface area contributed by atoms with Crippen LogP contribution in [0.15, 0.2) is 24.2 Å². The van der Waals surface area contributed by atoms with E-state index in [-0.39, 0.29) is 17.9 Å². The predicted molar refractivity (Wildman–Crippen MR) is 157 cm³/mol. The lowest BCUT2D eigenvalue weighted by Gasteiger charge is -2.58. The standard InChI is InChI=1S/C34H52N2O4/c1-21(2)7-6-8-22(3)27-11-12-28-25-10-9-23-17-24(13-15-33(23,4)29(25)14-16-34(27,28)5)40-31(37)18-26(32(38)39)30-19-35-20-36-30/h9,19-22,24-29H,6-8,10-18H2,1-5H3,(H,35,36)(H,38,39)/t22?,24-,25?,26?,27?,28-,29?,33?,34?/m1/s1. The topological polar surface area (TPSA) is 92.3 Å². The van der Waals surface area contributed by atoms with Gasteiger partial charge in [0.05, 0.1) is 12.7 Å². The molecule has 0 saturated heterocycles. The molecule has 1 aromatic heterocycles. The molecule has 0 spiro atoms. The summed E-state index contributed by atoms with van der Waals surface area (Å²) in [6.45, 7) is 12.4. The summed E-state index contributed by atoms with van der Waals surface area (Å²) < 4.78 is 5.90. The van der Waals surface area contributed by atoms with Crippen LogP contribution in [-0.4, -0.2) is 33.1 Å². The SMILES string of the molecule is CC(C)CCCC(C)C1CC[C@@H]2C3CC=C4C[C@H](OC(=O)CC(C(=O)O)c5cnc[nH]5)CCC4(C)C3CCC12C. The number of carbonyl (C=O) groups excluding carboxylic acids is 1. The van der Waals surface area contributed by atoms with Gasteiger partial charge >= 0.3 is 11.9 Å². The number of esters is 1. The van der Waals surface area contributed by atoms with Crippen molar-refractivity contribution in [2.75, 3.05) is 0 Å². The van der Waals surface area contributed by atoms with E-state index in [2.05, 4.69) is 50.7 Å². The van der Waals surface area contributed by atoms with Crippen LogP contribution in [0.2, 0.25) is 0 Å². The number of carbonyl (C=O) groups is 2. The number of H-pyrrole nitrogens is 1. The molecule has 2 N–H and O–H groups in total. The first-order chi connectivity index (χ1) is 19.0. The third-order valence-corrected chi connectivity index (χ3v) is 12.1. The largest absolute Gasteiger partial charge is 0.481 e. The van der Waals surface area contributed by atoms with Crippen LogP contribution >= 0.6 is 0 Å². The summed E-state index contributed by atoms with van der Waals surface area (Å²) >= 11 is 0. The molecule has 3 fully saturated rings. The molecule has 0 amide bonds. The van der Waals surface area contributed by atoms with Crippen LogP contribution in [0.5, 0.6) is 0 Å². The van der Waals surface area contributed by atoms with Gasteiger partial charge in [-0.3, -0.25) is 9.59 Å². The fourth-order valence-corrected chi connectivity index (χ4v) is 9.94. The minimum Gasteiger partial charge on any atom is -0.481 e. The molecular weight excluding hydrogens is 500 g/mol. The number of aliphatic carboxylic acids is 1. The molecule has 0 radical (unpaired) electrons. The number of aromatic nitrogens is 2. The zero-order chi connectivity index (χ0) is 28.7. The molecule has 1 aromatic rings. The zero-order valence-corrected chi connectivity index (χ0v) is 25.5. The maximum atomic E-state index is 12.8. The van der Waals surface area contributed by atoms with Gasteiger partial charge in [0.2, 0.25) is 0 Å². The number of imidazole rings is 1. The van der Waals surface area contributed by atoms with Crippen LogP contribution in [0, 0.1) is 46.3 Å². The summed E-state index contributed by atoms with van der Waals surface area (Å²) in [4.78, 5) is 31.3. The Kier molecular flexibility index (Phi) is 8.55. The monoisotopic (exact) mass is 552 g/mol. The molecule has 0 aromatic carbocycles. The van der Waals surface area contributed by atoms with Crippen molar-refractivity contribution in [3.05, 3.63) is 29.9 Å². The van der Waals surface area contributed by atoms with Gasteiger partial charge in [0, 0.05) is 18.3 Å². The Morgan fingerprint density at radius 1 is 1.10 bits per heavy atom. The fourth-order valence-electron chi connectivity index (χ4n) is 9.94. The molecule has 7 unspecified atom stereocenters. The molecule has 0 bridgehead atoms. The number of hydrogen-bond donors (Lipinski definition) is 2. The number of hydrogen-bond acceptors (Lipinski definition) is 4. The second-order valence-corrected chi connectivity index (χ2v) is 14.7. The minimum absolute atomic E-state index is 0.156. The molecule has 6 nitrogen and oxygen atoms in total. The molecule has 4 aliphatic rings. The number of nitrogens with zero attached hydrogens (tertiary/aromatic N) is 1. The average Bonchev–Trinajstić information content (AvgIpc) is 3.55. The second-order valence-electron chi connectivity index (χ2n) is 14.7. The zero-order valence-electron chi connectivity index (χ0n) is 25.5. The third kappa shape index (κ3) is 5.53. The first-order valence-electron chi connectivity index (χ1n) is 16.1. The van der Waals surface area contributed by atoms with Gasteiger partial charge in [-0.2, -0.15) is 0 Å². The lowest BCUT2D eigenvalue weighted by atomic mass is 9.47. The summed E-state index contributed by atoms with van der Waals surface area (Å²) in [5, 5.41) is 9.62. The highest BCUT2D eigenvalue weighted by molar-refractivity contribution is 5.82. The maximum absolute atomic E-state index is 12.8. The number of allylic oxidation sites excluding steroid dienone is 1. The van der Waals surface area contributed by atoms with Crippen molar-refractivity contribution in [3.63, 3.8) is 0 Å². The van der Waals surface area contributed by atoms with Gasteiger partial charge in [-0.1, -0.05) is 65.5 Å². The minimum atomic E-state index is -1.04. The quantitative estimate of drug-likeness (QED) is 0.227. The number of carboxylic acid groups (broad SMARTS) is 1. The Morgan fingerprint density at radius 3 is 2.60 bits per heavy atom. The van der Waals surface area contributed by atoms with Crippen LogP contribution in [0.4, 0.5) is 0 Å². The van der Waals surface area contributed by atoms with Crippen LogP contribution in [0.3, 0.4) is 0 Å². The molecule has 4 aliphatic carbocycles. The fraction of sp³-hybridized carbons (Fsp3) is 0.794. The van der Waals surface area contributed by atoms with E-state index in [1.165, 1.54) is 69.5 Å². The highest BCUT2D eigenvalue weighted by Crippen LogP contribution is 2.67. The van der Waals surface area contributed by atoms with E-state index in [0.717, 1.165) is 54.8 Å². The Morgan fingerprint density at radius 2 is 1.90 bits per heavy atom. The summed E-state index contributed by atoms with van der Waals surface area (Å²) in [6, 6.07) is 0. The van der Waals surface area contributed by atoms with Gasteiger partial charge in [0.25, 0.3) is 0 Å². The summed E-state index contributed by atoms with van der Waals surface area (Å²) in [5.74, 6) is 2.43. The smallest absolute Gasteiger partial charge is 0.313 e. The normalized spacial score (nSPS) is 36.6. The van der Waals surface area contributed by atoms with Crippen LogP contribution in [0.25, 0.3) is 0 Å². The van der Waals surface area contributed by atoms with Crippen molar-refractivity contribution in [2.24, 2.45) is 46.3 Å². The second kappa shape index (κ2) is 11.6. The van der Waals surface area contributed by atoms with E-state index in [9.17, 15) is 14.7 Å². The van der Waals surface area contributed by atoms with Crippen molar-refractivity contribution in [3.8, 4) is 0 Å². The summed E-state index contributed by atoms with van der Waals surface area (Å²) in [5.41, 5.74) is 2.61. The lowest BCUT2D eigenvalue weighted by molar-refractivity contribution is -0.155. The molecular formula is C34H52N2O4. The van der Waals surface area contributed by atoms with E-state index in [4.69, 9.17) is 4.74 Å². The van der Waals surface area contributed by atoms with Crippen LogP contribution in [-0.2, 0) is 14.3 Å². The van der Waals surface area contributed by atoms with Crippen LogP contribution in [0.1, 0.15) is 123 Å². The van der Waals surface area contributed by atoms with Gasteiger partial charge in [-0.25, -0.2) is 4.98 Å². The van der Waals surface area contributed by atoms with Crippen molar-refractivity contribution in [1.82, 2.24) is 9.97 Å². The predicted octanol–water partition coefficient (Wildman–Crippen LogP) is 7.92. The van der Waals surface area contributed by atoms with Gasteiger partial charge in [0.1, 0.15) is 12.0 Å². The van der Waals surface area contributed by atoms with E-state index in [0.29, 0.717) is 11.1 Å². The number of aromatic amines is 1. The number of rotatable bonds is 10. The van der Waals surface area contributed by atoms with E-state index >= 15 is 0 Å². The van der Waals surface area contributed by atoms with Gasteiger partial charge < -0.3 is 14.8 Å². The highest BCUT2D eigenvalue weighted by Gasteiger charge is 2.59. The Bertz CT molecular complexity index is 1080. The molecule has 3 saturated carbocycles. The molecule has 9 atom stereocenters. The van der Waals surface area contributed by atoms with Gasteiger partial charge in [-0.15, -0.1) is 0 Å². The molecule has 1 heterocycles. The first kappa shape index (κ1) is 29.4. The van der Waals surface area contributed by atoms with Crippen LogP contribution < -0.4 is 0 Å². The number of ether oxygens (including phenoxy) is 1. The lowest BCUT2D eigenvalue weighted by Crippen LogP contribution is -2.51. The Hall–Kier alpha value is -2.11.